The van der Waals surface area contributed by atoms with Crippen LogP contribution in [0.3, 0.4) is 0 Å². The fourth-order valence-electron chi connectivity index (χ4n) is 3.91. The Morgan fingerprint density at radius 3 is 2.48 bits per heavy atom. The molecule has 1 aliphatic heterocycles. The molecule has 1 aliphatic rings. The van der Waals surface area contributed by atoms with Crippen molar-refractivity contribution in [2.45, 2.75) is 82.3 Å². The summed E-state index contributed by atoms with van der Waals surface area (Å²) in [5.41, 5.74) is 5.12. The van der Waals surface area contributed by atoms with Crippen LogP contribution in [0.5, 0.6) is 0 Å². The summed E-state index contributed by atoms with van der Waals surface area (Å²) in [5.74, 6) is -1.69. The second-order valence-electron chi connectivity index (χ2n) is 10.1. The Bertz CT molecular complexity index is 1160. The number of amides is 2. The first kappa shape index (κ1) is 32.9. The molecule has 1 heterocycles. The van der Waals surface area contributed by atoms with E-state index in [1.165, 1.54) is 24.0 Å². The van der Waals surface area contributed by atoms with Crippen molar-refractivity contribution >= 4 is 27.8 Å². The lowest BCUT2D eigenvalue weighted by atomic mass is 10.0. The minimum absolute atomic E-state index is 0.0296. The van der Waals surface area contributed by atoms with Crippen LogP contribution in [0.15, 0.2) is 40.3 Å². The van der Waals surface area contributed by atoms with Crippen molar-refractivity contribution in [3.8, 4) is 0 Å². The van der Waals surface area contributed by atoms with Crippen molar-refractivity contribution in [3.05, 3.63) is 40.4 Å². The van der Waals surface area contributed by atoms with Gasteiger partial charge in [0.15, 0.2) is 11.3 Å². The highest BCUT2D eigenvalue weighted by atomic mass is 32.2. The van der Waals surface area contributed by atoms with E-state index in [9.17, 15) is 28.1 Å². The number of guanidine groups is 1. The second kappa shape index (κ2) is 14.3. The Morgan fingerprint density at radius 1 is 1.25 bits per heavy atom. The van der Waals surface area contributed by atoms with E-state index in [-0.39, 0.29) is 24.1 Å². The summed E-state index contributed by atoms with van der Waals surface area (Å²) in [6.07, 6.45) is 0.203. The number of likely N-dealkylation sites (tertiary alicyclic amines) is 1. The number of hydrogen-bond donors (Lipinski definition) is 4. The highest BCUT2D eigenvalue weighted by Crippen LogP contribution is 2.19. The first-order valence-electron chi connectivity index (χ1n) is 12.8. The molecule has 0 bridgehead atoms. The molecule has 1 saturated heterocycles. The standard InChI is InChI=1S/C24H39N7O8S/c1-6-38-22-18(13-10-14-30(22)23(25)28-31(34)35)27-20(32)16(2)26-21(33)19(15-39-24(3,4)5)29-40(36,37)17-11-8-7-9-12-17/h7-9,11-12,16,18-19,22,29H,6,10,13-15H2,1-5H3,(H2,25,28)(H,26,33)(H,27,32). The maximum atomic E-state index is 13.2. The van der Waals surface area contributed by atoms with E-state index in [1.54, 1.807) is 45.9 Å². The van der Waals surface area contributed by atoms with Gasteiger partial charge in [0.05, 0.1) is 23.1 Å². The number of nitrogens with two attached hydrogens (primary N) is 1. The van der Waals surface area contributed by atoms with Crippen molar-refractivity contribution in [1.82, 2.24) is 20.3 Å². The molecular weight excluding hydrogens is 546 g/mol. The van der Waals surface area contributed by atoms with Crippen molar-refractivity contribution in [1.29, 1.82) is 0 Å². The highest BCUT2D eigenvalue weighted by molar-refractivity contribution is 7.89. The minimum atomic E-state index is -4.07. The molecule has 4 unspecified atom stereocenters. The van der Waals surface area contributed by atoms with Gasteiger partial charge in [0, 0.05) is 13.2 Å². The van der Waals surface area contributed by atoms with Crippen LogP contribution in [0.2, 0.25) is 0 Å². The average Bonchev–Trinajstić information content (AvgIpc) is 2.87. The quantitative estimate of drug-likeness (QED) is 0.113. The number of hydrazone groups is 1. The van der Waals surface area contributed by atoms with Gasteiger partial charge in [-0.3, -0.25) is 9.59 Å². The number of hydrogen-bond acceptors (Lipinski definition) is 8. The monoisotopic (exact) mass is 585 g/mol. The molecule has 0 spiro atoms. The molecule has 4 atom stereocenters. The molecule has 1 aromatic rings. The number of carbonyl (C=O) groups is 2. The van der Waals surface area contributed by atoms with Gasteiger partial charge in [-0.2, -0.15) is 4.72 Å². The third-order valence-electron chi connectivity index (χ3n) is 5.81. The van der Waals surface area contributed by atoms with Gasteiger partial charge in [-0.25, -0.2) is 18.5 Å². The summed E-state index contributed by atoms with van der Waals surface area (Å²) >= 11 is 0. The number of nitrogens with one attached hydrogen (secondary N) is 3. The third-order valence-corrected chi connectivity index (χ3v) is 7.30. The smallest absolute Gasteiger partial charge is 0.270 e. The number of ether oxygens (including phenoxy) is 2. The predicted octanol–water partition coefficient (Wildman–Crippen LogP) is 0.103. The molecule has 0 saturated carbocycles. The SMILES string of the molecule is CCOC1C(NC(=O)C(C)NC(=O)C(COC(C)(C)C)NS(=O)(=O)c2ccccc2)CCCN1/C(N)=N/[N+](=O)[O-]. The van der Waals surface area contributed by atoms with E-state index in [2.05, 4.69) is 20.5 Å². The first-order valence-corrected chi connectivity index (χ1v) is 14.3. The number of nitrogens with zero attached hydrogens (tertiary/aromatic N) is 3. The Hall–Kier alpha value is -3.34. The molecule has 40 heavy (non-hydrogen) atoms. The molecule has 0 radical (unpaired) electrons. The van der Waals surface area contributed by atoms with Gasteiger partial charge in [-0.05, 0) is 59.6 Å². The molecule has 224 valence electrons. The van der Waals surface area contributed by atoms with Crippen LogP contribution < -0.4 is 21.1 Å². The van der Waals surface area contributed by atoms with E-state index < -0.39 is 56.8 Å². The van der Waals surface area contributed by atoms with Crippen molar-refractivity contribution < 1.29 is 32.5 Å². The zero-order valence-electron chi connectivity index (χ0n) is 23.3. The topological polar surface area (TPSA) is 208 Å². The first-order chi connectivity index (χ1) is 18.6. The fraction of sp³-hybridized carbons (Fsp3) is 0.625. The summed E-state index contributed by atoms with van der Waals surface area (Å²) in [7, 11) is -4.07. The number of carbonyl (C=O) groups excluding carboxylic acids is 2. The summed E-state index contributed by atoms with van der Waals surface area (Å²) < 4.78 is 39.6. The molecule has 0 aromatic heterocycles. The van der Waals surface area contributed by atoms with Gasteiger partial charge in [0.1, 0.15) is 17.2 Å². The van der Waals surface area contributed by atoms with E-state index in [4.69, 9.17) is 15.2 Å². The van der Waals surface area contributed by atoms with Crippen LogP contribution in [0.25, 0.3) is 0 Å². The van der Waals surface area contributed by atoms with Crippen LogP contribution in [-0.4, -0.2) is 85.8 Å². The van der Waals surface area contributed by atoms with Gasteiger partial charge in [0.2, 0.25) is 21.8 Å². The normalized spacial score (nSPS) is 19.9. The largest absolute Gasteiger partial charge is 0.374 e. The van der Waals surface area contributed by atoms with Crippen molar-refractivity contribution in [2.24, 2.45) is 10.8 Å². The molecule has 1 aromatic carbocycles. The van der Waals surface area contributed by atoms with E-state index >= 15 is 0 Å². The van der Waals surface area contributed by atoms with Gasteiger partial charge in [-0.1, -0.05) is 18.2 Å². The molecule has 2 amide bonds. The van der Waals surface area contributed by atoms with Gasteiger partial charge in [-0.15, -0.1) is 0 Å². The van der Waals surface area contributed by atoms with Crippen LogP contribution in [0.1, 0.15) is 47.5 Å². The van der Waals surface area contributed by atoms with E-state index in [1.807, 2.05) is 0 Å². The van der Waals surface area contributed by atoms with Crippen molar-refractivity contribution in [3.63, 3.8) is 0 Å². The third kappa shape index (κ3) is 10.0. The van der Waals surface area contributed by atoms with Crippen LogP contribution in [-0.2, 0) is 29.1 Å². The second-order valence-corrected chi connectivity index (χ2v) is 11.8. The molecular formula is C24H39N7O8S. The predicted molar refractivity (Wildman–Crippen MR) is 146 cm³/mol. The van der Waals surface area contributed by atoms with Crippen LogP contribution >= 0.6 is 0 Å². The van der Waals surface area contributed by atoms with Crippen LogP contribution in [0, 0.1) is 10.1 Å². The molecule has 1 fully saturated rings. The molecule has 5 N–H and O–H groups in total. The zero-order valence-corrected chi connectivity index (χ0v) is 24.1. The van der Waals surface area contributed by atoms with Gasteiger partial charge < -0.3 is 30.7 Å². The summed E-state index contributed by atoms with van der Waals surface area (Å²) in [5, 5.41) is 18.4. The summed E-state index contributed by atoms with van der Waals surface area (Å²) in [6, 6.07) is 4.54. The summed E-state index contributed by atoms with van der Waals surface area (Å²) in [4.78, 5) is 38.4. The Labute approximate surface area is 234 Å². The van der Waals surface area contributed by atoms with E-state index in [0.717, 1.165) is 0 Å². The summed E-state index contributed by atoms with van der Waals surface area (Å²) in [6.45, 7) is 8.74. The number of benzene rings is 1. The molecule has 15 nitrogen and oxygen atoms in total. The number of sulfonamides is 1. The van der Waals surface area contributed by atoms with E-state index in [0.29, 0.717) is 19.4 Å². The fourth-order valence-corrected chi connectivity index (χ4v) is 5.11. The van der Waals surface area contributed by atoms with Crippen LogP contribution in [0.4, 0.5) is 0 Å². The highest BCUT2D eigenvalue weighted by Gasteiger charge is 2.37. The minimum Gasteiger partial charge on any atom is -0.374 e. The Balaban J connectivity index is 2.15. The average molecular weight is 586 g/mol. The lowest BCUT2D eigenvalue weighted by Gasteiger charge is -2.41. The Kier molecular flexibility index (Phi) is 11.8. The molecule has 16 heteroatoms. The molecule has 2 rings (SSSR count). The lowest BCUT2D eigenvalue weighted by Crippen LogP contribution is -2.62. The number of piperidine rings is 1. The maximum absolute atomic E-state index is 13.2. The number of rotatable bonds is 12. The molecule has 0 aliphatic carbocycles. The lowest BCUT2D eigenvalue weighted by molar-refractivity contribution is -0.486. The van der Waals surface area contributed by atoms with Gasteiger partial charge in [0.25, 0.3) is 5.96 Å². The number of nitro groups is 1. The Morgan fingerprint density at radius 2 is 1.90 bits per heavy atom. The zero-order chi connectivity index (χ0) is 30.1. The maximum Gasteiger partial charge on any atom is 0.270 e. The van der Waals surface area contributed by atoms with Crippen molar-refractivity contribution in [2.75, 3.05) is 19.8 Å². The van der Waals surface area contributed by atoms with Gasteiger partial charge >= 0.3 is 0 Å².